The Labute approximate surface area is 80.0 Å². The van der Waals surface area contributed by atoms with E-state index in [4.69, 9.17) is 5.11 Å². The first kappa shape index (κ1) is 8.55. The van der Waals surface area contributed by atoms with Crippen LogP contribution in [-0.4, -0.2) is 28.4 Å². The van der Waals surface area contributed by atoms with Crippen molar-refractivity contribution >= 4 is 11.9 Å². The Morgan fingerprint density at radius 3 is 3.07 bits per heavy atom. The normalized spacial score (nSPS) is 19.4. The molecule has 0 aromatic rings. The highest BCUT2D eigenvalue weighted by atomic mass is 16.4. The molecule has 5 heteroatoms. The molecule has 0 aromatic carbocycles. The fraction of sp³-hybridized carbons (Fsp3) is 0.111. The number of nitrogens with zero attached hydrogens (tertiary/aromatic N) is 1. The van der Waals surface area contributed by atoms with Crippen molar-refractivity contribution in [2.75, 3.05) is 6.54 Å². The summed E-state index contributed by atoms with van der Waals surface area (Å²) in [5.41, 5.74) is 1.16. The number of hydrogen-bond acceptors (Lipinski definition) is 3. The van der Waals surface area contributed by atoms with Gasteiger partial charge in [-0.15, -0.1) is 0 Å². The first-order valence-corrected chi connectivity index (χ1v) is 4.07. The van der Waals surface area contributed by atoms with Crippen molar-refractivity contribution in [3.63, 3.8) is 0 Å². The van der Waals surface area contributed by atoms with Crippen LogP contribution in [0.1, 0.15) is 0 Å². The van der Waals surface area contributed by atoms with Crippen molar-refractivity contribution in [3.05, 3.63) is 35.8 Å². The molecule has 0 bridgehead atoms. The van der Waals surface area contributed by atoms with Gasteiger partial charge < -0.3 is 10.4 Å². The molecule has 0 aliphatic carbocycles. The van der Waals surface area contributed by atoms with Gasteiger partial charge >= 0.3 is 6.09 Å². The topological polar surface area (TPSA) is 69.6 Å². The SMILES string of the molecule is O=C1CNC=C2C=CN(C(=O)O)C=C12. The minimum absolute atomic E-state index is 0.0990. The largest absolute Gasteiger partial charge is 0.464 e. The predicted molar refractivity (Wildman–Crippen MR) is 48.2 cm³/mol. The number of Topliss-reactive ketones (excluding diaryl/α,β-unsaturated/α-hetero) is 1. The lowest BCUT2D eigenvalue weighted by molar-refractivity contribution is -0.114. The Hall–Kier alpha value is -2.04. The molecule has 0 aromatic heterocycles. The molecule has 2 heterocycles. The third-order valence-electron chi connectivity index (χ3n) is 2.04. The maximum atomic E-state index is 11.4. The summed E-state index contributed by atoms with van der Waals surface area (Å²) in [5, 5.41) is 11.5. The van der Waals surface area contributed by atoms with Crippen LogP contribution in [0.25, 0.3) is 0 Å². The van der Waals surface area contributed by atoms with E-state index in [1.54, 1.807) is 12.3 Å². The van der Waals surface area contributed by atoms with Crippen LogP contribution in [0, 0.1) is 0 Å². The quantitative estimate of drug-likeness (QED) is 0.584. The summed E-state index contributed by atoms with van der Waals surface area (Å²) in [4.78, 5) is 23.0. The number of rotatable bonds is 0. The number of carbonyl (C=O) groups is 2. The second kappa shape index (κ2) is 3.02. The number of nitrogens with one attached hydrogen (secondary N) is 1. The molecule has 2 rings (SSSR count). The Bertz CT molecular complexity index is 393. The average Bonchev–Trinajstić information content (AvgIpc) is 2.18. The highest BCUT2D eigenvalue weighted by molar-refractivity contribution is 6.03. The standard InChI is InChI=1S/C9H8N2O3/c12-8-4-10-3-6-1-2-11(9(13)14)5-7(6)8/h1-3,5,10H,4H2,(H,13,14). The lowest BCUT2D eigenvalue weighted by Gasteiger charge is -2.21. The van der Waals surface area contributed by atoms with Crippen LogP contribution in [0.15, 0.2) is 35.8 Å². The Balaban J connectivity index is 2.37. The predicted octanol–water partition coefficient (Wildman–Crippen LogP) is 0.434. The molecule has 72 valence electrons. The maximum Gasteiger partial charge on any atom is 0.415 e. The molecule has 2 N–H and O–H groups in total. The van der Waals surface area contributed by atoms with Crippen LogP contribution in [-0.2, 0) is 4.79 Å². The third kappa shape index (κ3) is 1.28. The first-order chi connectivity index (χ1) is 6.68. The Morgan fingerprint density at radius 1 is 1.57 bits per heavy atom. The van der Waals surface area contributed by atoms with Crippen molar-refractivity contribution < 1.29 is 14.7 Å². The van der Waals surface area contributed by atoms with Crippen molar-refractivity contribution in [2.24, 2.45) is 0 Å². The van der Waals surface area contributed by atoms with Crippen LogP contribution in [0.3, 0.4) is 0 Å². The number of ketones is 1. The molecule has 0 saturated carbocycles. The number of amides is 1. The fourth-order valence-corrected chi connectivity index (χ4v) is 1.33. The van der Waals surface area contributed by atoms with Crippen LogP contribution >= 0.6 is 0 Å². The summed E-state index contributed by atoms with van der Waals surface area (Å²) in [6.07, 6.45) is 4.92. The average molecular weight is 192 g/mol. The van der Waals surface area contributed by atoms with Crippen molar-refractivity contribution in [2.45, 2.75) is 0 Å². The minimum Gasteiger partial charge on any atom is -0.464 e. The Kier molecular flexibility index (Phi) is 1.85. The van der Waals surface area contributed by atoms with Gasteiger partial charge in [-0.1, -0.05) is 0 Å². The van der Waals surface area contributed by atoms with Crippen LogP contribution in [0.2, 0.25) is 0 Å². The van der Waals surface area contributed by atoms with Crippen LogP contribution in [0.5, 0.6) is 0 Å². The fourth-order valence-electron chi connectivity index (χ4n) is 1.33. The highest BCUT2D eigenvalue weighted by Gasteiger charge is 2.22. The number of fused-ring (bicyclic) bond motifs is 1. The molecule has 0 spiro atoms. The number of hydrogen-bond donors (Lipinski definition) is 2. The summed E-state index contributed by atoms with van der Waals surface area (Å²) < 4.78 is 0. The van der Waals surface area contributed by atoms with Gasteiger partial charge in [0.15, 0.2) is 5.78 Å². The molecule has 14 heavy (non-hydrogen) atoms. The van der Waals surface area contributed by atoms with Gasteiger partial charge in [-0.05, 0) is 6.08 Å². The van der Waals surface area contributed by atoms with Gasteiger partial charge in [0.2, 0.25) is 0 Å². The molecule has 0 fully saturated rings. The van der Waals surface area contributed by atoms with Gasteiger partial charge in [-0.3, -0.25) is 9.69 Å². The Morgan fingerprint density at radius 2 is 2.36 bits per heavy atom. The minimum atomic E-state index is -1.10. The third-order valence-corrected chi connectivity index (χ3v) is 2.04. The summed E-state index contributed by atoms with van der Waals surface area (Å²) in [6, 6.07) is 0. The molecule has 5 nitrogen and oxygen atoms in total. The van der Waals surface area contributed by atoms with Crippen molar-refractivity contribution in [1.29, 1.82) is 0 Å². The molecule has 0 unspecified atom stereocenters. The van der Waals surface area contributed by atoms with Crippen LogP contribution in [0.4, 0.5) is 4.79 Å². The van der Waals surface area contributed by atoms with Gasteiger partial charge in [0, 0.05) is 29.7 Å². The van der Waals surface area contributed by atoms with E-state index in [0.29, 0.717) is 5.57 Å². The van der Waals surface area contributed by atoms with E-state index in [1.807, 2.05) is 0 Å². The highest BCUT2D eigenvalue weighted by Crippen LogP contribution is 2.20. The zero-order chi connectivity index (χ0) is 10.1. The van der Waals surface area contributed by atoms with Gasteiger partial charge in [0.1, 0.15) is 0 Å². The van der Waals surface area contributed by atoms with E-state index in [-0.39, 0.29) is 12.3 Å². The molecule has 0 atom stereocenters. The molecular weight excluding hydrogens is 184 g/mol. The van der Waals surface area contributed by atoms with Crippen LogP contribution < -0.4 is 5.32 Å². The molecule has 0 radical (unpaired) electrons. The summed E-state index contributed by atoms with van der Waals surface area (Å²) in [5.74, 6) is -0.0990. The number of allylic oxidation sites excluding steroid dienone is 2. The summed E-state index contributed by atoms with van der Waals surface area (Å²) in [7, 11) is 0. The zero-order valence-corrected chi connectivity index (χ0v) is 7.23. The van der Waals surface area contributed by atoms with E-state index in [9.17, 15) is 9.59 Å². The maximum absolute atomic E-state index is 11.4. The van der Waals surface area contributed by atoms with Crippen molar-refractivity contribution in [3.8, 4) is 0 Å². The summed E-state index contributed by atoms with van der Waals surface area (Å²) in [6.45, 7) is 0.219. The van der Waals surface area contributed by atoms with E-state index in [1.165, 1.54) is 12.4 Å². The molecular formula is C9H8N2O3. The zero-order valence-electron chi connectivity index (χ0n) is 7.23. The summed E-state index contributed by atoms with van der Waals surface area (Å²) >= 11 is 0. The molecule has 0 saturated heterocycles. The van der Waals surface area contributed by atoms with E-state index in [2.05, 4.69) is 5.32 Å². The van der Waals surface area contributed by atoms with Gasteiger partial charge in [-0.2, -0.15) is 0 Å². The molecule has 1 amide bonds. The number of carbonyl (C=O) groups excluding carboxylic acids is 1. The smallest absolute Gasteiger partial charge is 0.415 e. The monoisotopic (exact) mass is 192 g/mol. The van der Waals surface area contributed by atoms with Gasteiger partial charge in [0.25, 0.3) is 0 Å². The van der Waals surface area contributed by atoms with Gasteiger partial charge in [0.05, 0.1) is 6.54 Å². The lowest BCUT2D eigenvalue weighted by Crippen LogP contribution is -2.30. The van der Waals surface area contributed by atoms with E-state index >= 15 is 0 Å². The second-order valence-corrected chi connectivity index (χ2v) is 2.95. The van der Waals surface area contributed by atoms with Gasteiger partial charge in [-0.25, -0.2) is 4.79 Å². The second-order valence-electron chi connectivity index (χ2n) is 2.95. The lowest BCUT2D eigenvalue weighted by atomic mass is 9.99. The molecule has 2 aliphatic heterocycles. The van der Waals surface area contributed by atoms with Crippen molar-refractivity contribution in [1.82, 2.24) is 10.2 Å². The van der Waals surface area contributed by atoms with E-state index in [0.717, 1.165) is 10.5 Å². The first-order valence-electron chi connectivity index (χ1n) is 4.07. The molecule has 2 aliphatic rings. The van der Waals surface area contributed by atoms with E-state index < -0.39 is 6.09 Å². The number of carboxylic acid groups (broad SMARTS) is 1.